The van der Waals surface area contributed by atoms with E-state index in [0.717, 1.165) is 37.1 Å². The molecule has 188 valence electrons. The summed E-state index contributed by atoms with van der Waals surface area (Å²) in [5.74, 6) is 1.37. The summed E-state index contributed by atoms with van der Waals surface area (Å²) >= 11 is 7.07. The van der Waals surface area contributed by atoms with Crippen molar-refractivity contribution in [3.8, 4) is 22.8 Å². The Kier molecular flexibility index (Phi) is 6.59. The third kappa shape index (κ3) is 4.54. The molecule has 1 aliphatic rings. The predicted octanol–water partition coefficient (Wildman–Crippen LogP) is 7.45. The van der Waals surface area contributed by atoms with E-state index in [4.69, 9.17) is 14.6 Å². The quantitative estimate of drug-likeness (QED) is 0.202. The van der Waals surface area contributed by atoms with Gasteiger partial charge < -0.3 is 9.57 Å². The van der Waals surface area contributed by atoms with Gasteiger partial charge in [-0.05, 0) is 63.5 Å². The second kappa shape index (κ2) is 10.2. The molecule has 0 aliphatic carbocycles. The minimum atomic E-state index is -0.149. The van der Waals surface area contributed by atoms with Gasteiger partial charge in [0.2, 0.25) is 0 Å². The number of aromatic nitrogens is 2. The average molecular weight is 631 g/mol. The summed E-state index contributed by atoms with van der Waals surface area (Å²) in [4.78, 5) is 24.5. The van der Waals surface area contributed by atoms with E-state index in [0.29, 0.717) is 28.8 Å². The zero-order valence-corrected chi connectivity index (χ0v) is 23.4. The highest BCUT2D eigenvalue weighted by Crippen LogP contribution is 2.32. The van der Waals surface area contributed by atoms with Crippen molar-refractivity contribution in [1.82, 2.24) is 9.55 Å². The summed E-state index contributed by atoms with van der Waals surface area (Å²) < 4.78 is 8.46. The lowest BCUT2D eigenvalue weighted by atomic mass is 10.00. The van der Waals surface area contributed by atoms with Crippen molar-refractivity contribution in [3.63, 3.8) is 0 Å². The first-order valence-corrected chi connectivity index (χ1v) is 13.5. The summed E-state index contributed by atoms with van der Waals surface area (Å²) in [6, 6.07) is 29.0. The maximum atomic E-state index is 13.8. The Morgan fingerprint density at radius 1 is 0.921 bits per heavy atom. The van der Waals surface area contributed by atoms with Crippen LogP contribution in [0.1, 0.15) is 23.7 Å². The Labute approximate surface area is 235 Å². The summed E-state index contributed by atoms with van der Waals surface area (Å²) in [5, 5.41) is 4.87. The molecule has 0 amide bonds. The Balaban J connectivity index is 1.37. The average Bonchev–Trinajstić information content (AvgIpc) is 3.44. The summed E-state index contributed by atoms with van der Waals surface area (Å²) in [7, 11) is 1.65. The zero-order chi connectivity index (χ0) is 26.2. The van der Waals surface area contributed by atoms with Crippen molar-refractivity contribution in [2.24, 2.45) is 5.16 Å². The largest absolute Gasteiger partial charge is 0.497 e. The van der Waals surface area contributed by atoms with Crippen molar-refractivity contribution in [1.29, 1.82) is 0 Å². The first-order chi connectivity index (χ1) is 18.5. The second-order valence-corrected chi connectivity index (χ2v) is 10.7. The number of hydrogen-bond donors (Lipinski definition) is 0. The molecule has 1 aromatic heterocycles. The number of oxime groups is 1. The smallest absolute Gasteiger partial charge is 0.266 e. The van der Waals surface area contributed by atoms with Gasteiger partial charge in [0.15, 0.2) is 6.10 Å². The molecule has 8 heteroatoms. The highest BCUT2D eigenvalue weighted by atomic mass is 79.9. The third-order valence-corrected chi connectivity index (χ3v) is 7.60. The minimum absolute atomic E-state index is 0.148. The molecule has 1 aliphatic heterocycles. The third-order valence-electron chi connectivity index (χ3n) is 6.54. The molecular weight excluding hydrogens is 610 g/mol. The molecule has 0 radical (unpaired) electrons. The number of benzene rings is 4. The molecule has 0 saturated heterocycles. The Bertz CT molecular complexity index is 1730. The lowest BCUT2D eigenvalue weighted by Gasteiger charge is -2.15. The molecule has 0 bridgehead atoms. The molecule has 5 aromatic rings. The minimum Gasteiger partial charge on any atom is -0.497 e. The Hall–Kier alpha value is -3.75. The van der Waals surface area contributed by atoms with Crippen LogP contribution in [0.4, 0.5) is 0 Å². The Morgan fingerprint density at radius 2 is 1.66 bits per heavy atom. The summed E-state index contributed by atoms with van der Waals surface area (Å²) in [5.41, 5.74) is 4.88. The Morgan fingerprint density at radius 3 is 2.37 bits per heavy atom. The molecule has 0 fully saturated rings. The van der Waals surface area contributed by atoms with Crippen LogP contribution in [0.5, 0.6) is 5.75 Å². The van der Waals surface area contributed by atoms with Gasteiger partial charge in [-0.2, -0.15) is 0 Å². The highest BCUT2D eigenvalue weighted by Gasteiger charge is 2.24. The lowest BCUT2D eigenvalue weighted by molar-refractivity contribution is 0.0857. The lowest BCUT2D eigenvalue weighted by Crippen LogP contribution is -2.22. The molecule has 0 saturated carbocycles. The summed E-state index contributed by atoms with van der Waals surface area (Å²) in [6.07, 6.45) is 0.505. The fraction of sp³-hybridized carbons (Fsp3) is 0.100. The van der Waals surface area contributed by atoms with E-state index in [2.05, 4.69) is 37.0 Å². The summed E-state index contributed by atoms with van der Waals surface area (Å²) in [6.45, 7) is 0. The molecular formula is C30H21Br2N3O3. The zero-order valence-electron chi connectivity index (χ0n) is 20.3. The van der Waals surface area contributed by atoms with Crippen LogP contribution in [0.3, 0.4) is 0 Å². The van der Waals surface area contributed by atoms with Crippen molar-refractivity contribution in [2.45, 2.75) is 12.5 Å². The van der Waals surface area contributed by atoms with E-state index in [9.17, 15) is 4.79 Å². The van der Waals surface area contributed by atoms with Gasteiger partial charge >= 0.3 is 0 Å². The van der Waals surface area contributed by atoms with Crippen molar-refractivity contribution in [2.75, 3.05) is 7.11 Å². The molecule has 6 rings (SSSR count). The van der Waals surface area contributed by atoms with E-state index < -0.39 is 0 Å². The number of methoxy groups -OCH3 is 1. The number of hydrogen-bond acceptors (Lipinski definition) is 5. The van der Waals surface area contributed by atoms with Crippen LogP contribution in [0.2, 0.25) is 0 Å². The standard InChI is InChI=1S/C30H21Br2N3O3/c1-37-23-13-9-19(10-14-23)27-17-26(34-38-27)18-7-11-22(12-8-18)35-29(20-5-3-2-4-6-20)33-28-24(30(35)36)15-21(31)16-25(28)32/h2-16,27H,17H2,1H3. The molecule has 1 unspecified atom stereocenters. The van der Waals surface area contributed by atoms with Gasteiger partial charge in [0.25, 0.3) is 5.56 Å². The highest BCUT2D eigenvalue weighted by molar-refractivity contribution is 9.11. The van der Waals surface area contributed by atoms with E-state index in [-0.39, 0.29) is 11.7 Å². The first kappa shape index (κ1) is 24.6. The maximum Gasteiger partial charge on any atom is 0.266 e. The van der Waals surface area contributed by atoms with Gasteiger partial charge in [-0.3, -0.25) is 9.36 Å². The van der Waals surface area contributed by atoms with Crippen LogP contribution < -0.4 is 10.3 Å². The first-order valence-electron chi connectivity index (χ1n) is 12.0. The molecule has 38 heavy (non-hydrogen) atoms. The van der Waals surface area contributed by atoms with Crippen molar-refractivity contribution >= 4 is 48.5 Å². The predicted molar refractivity (Wildman–Crippen MR) is 156 cm³/mol. The van der Waals surface area contributed by atoms with E-state index in [1.807, 2.05) is 84.9 Å². The fourth-order valence-electron chi connectivity index (χ4n) is 4.58. The number of ether oxygens (including phenoxy) is 1. The van der Waals surface area contributed by atoms with E-state index >= 15 is 0 Å². The molecule has 0 spiro atoms. The number of fused-ring (bicyclic) bond motifs is 1. The molecule has 0 N–H and O–H groups in total. The fourth-order valence-corrected chi connectivity index (χ4v) is 5.90. The monoisotopic (exact) mass is 629 g/mol. The second-order valence-electron chi connectivity index (χ2n) is 8.88. The molecule has 4 aromatic carbocycles. The number of nitrogens with zero attached hydrogens (tertiary/aromatic N) is 3. The number of halogens is 2. The van der Waals surface area contributed by atoms with Crippen LogP contribution in [-0.4, -0.2) is 22.4 Å². The van der Waals surface area contributed by atoms with Gasteiger partial charge in [-0.25, -0.2) is 4.98 Å². The SMILES string of the molecule is COc1ccc(C2CC(c3ccc(-n4c(-c5ccccc5)nc5c(Br)cc(Br)cc5c4=O)cc3)=NO2)cc1. The van der Waals surface area contributed by atoms with Crippen LogP contribution in [0.15, 0.2) is 110 Å². The molecule has 2 heterocycles. The van der Waals surface area contributed by atoms with Crippen LogP contribution in [0, 0.1) is 0 Å². The maximum absolute atomic E-state index is 13.8. The molecule has 1 atom stereocenters. The molecule has 6 nitrogen and oxygen atoms in total. The van der Waals surface area contributed by atoms with Gasteiger partial charge in [-0.15, -0.1) is 0 Å². The van der Waals surface area contributed by atoms with Crippen LogP contribution in [-0.2, 0) is 4.84 Å². The van der Waals surface area contributed by atoms with Gasteiger partial charge in [0.05, 0.1) is 29.4 Å². The van der Waals surface area contributed by atoms with Crippen LogP contribution in [0.25, 0.3) is 28.0 Å². The van der Waals surface area contributed by atoms with Crippen LogP contribution >= 0.6 is 31.9 Å². The van der Waals surface area contributed by atoms with Gasteiger partial charge in [-0.1, -0.05) is 75.7 Å². The topological polar surface area (TPSA) is 65.7 Å². The number of rotatable bonds is 5. The van der Waals surface area contributed by atoms with E-state index in [1.165, 1.54) is 0 Å². The van der Waals surface area contributed by atoms with Gasteiger partial charge in [0, 0.05) is 20.9 Å². The van der Waals surface area contributed by atoms with Crippen molar-refractivity contribution < 1.29 is 9.57 Å². The normalized spacial score (nSPS) is 14.8. The van der Waals surface area contributed by atoms with Crippen molar-refractivity contribution in [3.05, 3.63) is 121 Å². The van der Waals surface area contributed by atoms with E-state index in [1.54, 1.807) is 17.7 Å². The van der Waals surface area contributed by atoms with Gasteiger partial charge in [0.1, 0.15) is 11.6 Å².